The molecule has 1 N–H and O–H groups in total. The lowest BCUT2D eigenvalue weighted by molar-refractivity contribution is 0.378. The molecular weight excluding hydrogens is 252 g/mol. The zero-order valence-electron chi connectivity index (χ0n) is 9.26. The van der Waals surface area contributed by atoms with E-state index >= 15 is 0 Å². The minimum atomic E-state index is 0.485. The number of nitrogens with one attached hydrogen (secondary N) is 1. The van der Waals surface area contributed by atoms with Crippen molar-refractivity contribution in [3.8, 4) is 0 Å². The van der Waals surface area contributed by atoms with Crippen LogP contribution in [0, 0.1) is 5.41 Å². The Morgan fingerprint density at radius 2 is 2.33 bits per heavy atom. The molecule has 1 unspecified atom stereocenters. The van der Waals surface area contributed by atoms with Gasteiger partial charge in [0.05, 0.1) is 4.47 Å². The summed E-state index contributed by atoms with van der Waals surface area (Å²) in [6, 6.07) is 4.54. The molecule has 1 saturated carbocycles. The van der Waals surface area contributed by atoms with Gasteiger partial charge in [-0.1, -0.05) is 13.8 Å². The van der Waals surface area contributed by atoms with Crippen LogP contribution >= 0.6 is 15.9 Å². The summed E-state index contributed by atoms with van der Waals surface area (Å²) in [7, 11) is 0. The predicted molar refractivity (Wildman–Crippen MR) is 67.0 cm³/mol. The van der Waals surface area contributed by atoms with Gasteiger partial charge in [0.25, 0.3) is 0 Å². The standard InChI is InChI=1S/C12H17BrN2/c1-12(2)6-5-9(8-12)15-11-10(13)4-3-7-14-11/h3-4,7,9H,5-6,8H2,1-2H3,(H,14,15). The number of hydrogen-bond donors (Lipinski definition) is 1. The molecule has 0 saturated heterocycles. The second-order valence-corrected chi connectivity index (χ2v) is 5.94. The molecule has 2 rings (SSSR count). The molecule has 82 valence electrons. The summed E-state index contributed by atoms with van der Waals surface area (Å²) in [5, 5.41) is 3.51. The molecule has 1 aliphatic carbocycles. The molecule has 1 heterocycles. The number of anilines is 1. The molecule has 0 radical (unpaired) electrons. The maximum absolute atomic E-state index is 4.33. The normalized spacial score (nSPS) is 24.1. The number of rotatable bonds is 2. The van der Waals surface area contributed by atoms with Crippen LogP contribution in [-0.4, -0.2) is 11.0 Å². The van der Waals surface area contributed by atoms with Gasteiger partial charge < -0.3 is 5.32 Å². The molecule has 0 amide bonds. The minimum Gasteiger partial charge on any atom is -0.366 e. The Kier molecular flexibility index (Phi) is 3.01. The lowest BCUT2D eigenvalue weighted by Crippen LogP contribution is -2.18. The summed E-state index contributed by atoms with van der Waals surface area (Å²) in [5.74, 6) is 0.972. The van der Waals surface area contributed by atoms with Gasteiger partial charge in [-0.3, -0.25) is 0 Å². The van der Waals surface area contributed by atoms with E-state index in [2.05, 4.69) is 40.1 Å². The number of aromatic nitrogens is 1. The van der Waals surface area contributed by atoms with E-state index in [1.165, 1.54) is 19.3 Å². The van der Waals surface area contributed by atoms with E-state index in [-0.39, 0.29) is 0 Å². The maximum atomic E-state index is 4.33. The second kappa shape index (κ2) is 4.12. The highest BCUT2D eigenvalue weighted by atomic mass is 79.9. The van der Waals surface area contributed by atoms with E-state index in [9.17, 15) is 0 Å². The van der Waals surface area contributed by atoms with Crippen molar-refractivity contribution in [3.05, 3.63) is 22.8 Å². The molecule has 1 aliphatic rings. The number of halogens is 1. The highest BCUT2D eigenvalue weighted by Crippen LogP contribution is 2.38. The summed E-state index contributed by atoms with van der Waals surface area (Å²) >= 11 is 3.51. The molecule has 0 aliphatic heterocycles. The van der Waals surface area contributed by atoms with Gasteiger partial charge in [0.1, 0.15) is 5.82 Å². The van der Waals surface area contributed by atoms with Gasteiger partial charge in [-0.25, -0.2) is 4.98 Å². The van der Waals surface area contributed by atoms with Crippen LogP contribution in [0.5, 0.6) is 0 Å². The summed E-state index contributed by atoms with van der Waals surface area (Å²) in [4.78, 5) is 4.33. The molecule has 1 aromatic heterocycles. The highest BCUT2D eigenvalue weighted by molar-refractivity contribution is 9.10. The first-order valence-electron chi connectivity index (χ1n) is 5.44. The van der Waals surface area contributed by atoms with E-state index in [0.29, 0.717) is 11.5 Å². The fraction of sp³-hybridized carbons (Fsp3) is 0.583. The van der Waals surface area contributed by atoms with Gasteiger partial charge in [-0.2, -0.15) is 0 Å². The van der Waals surface area contributed by atoms with Crippen LogP contribution in [0.3, 0.4) is 0 Å². The highest BCUT2D eigenvalue weighted by Gasteiger charge is 2.31. The van der Waals surface area contributed by atoms with E-state index in [1.54, 1.807) is 0 Å². The third kappa shape index (κ3) is 2.71. The minimum absolute atomic E-state index is 0.485. The maximum Gasteiger partial charge on any atom is 0.140 e. The third-order valence-electron chi connectivity index (χ3n) is 3.07. The Bertz CT molecular complexity index is 349. The van der Waals surface area contributed by atoms with Gasteiger partial charge in [0.2, 0.25) is 0 Å². The quantitative estimate of drug-likeness (QED) is 0.882. The first-order valence-corrected chi connectivity index (χ1v) is 6.23. The van der Waals surface area contributed by atoms with Crippen molar-refractivity contribution in [1.82, 2.24) is 4.98 Å². The van der Waals surface area contributed by atoms with Crippen LogP contribution in [0.2, 0.25) is 0 Å². The monoisotopic (exact) mass is 268 g/mol. The van der Waals surface area contributed by atoms with E-state index in [0.717, 1.165) is 10.3 Å². The van der Waals surface area contributed by atoms with Crippen molar-refractivity contribution in [2.24, 2.45) is 5.41 Å². The van der Waals surface area contributed by atoms with Crippen molar-refractivity contribution in [2.45, 2.75) is 39.2 Å². The molecule has 0 aromatic carbocycles. The zero-order chi connectivity index (χ0) is 10.9. The number of nitrogens with zero attached hydrogens (tertiary/aromatic N) is 1. The van der Waals surface area contributed by atoms with Crippen LogP contribution in [0.15, 0.2) is 22.8 Å². The Morgan fingerprint density at radius 1 is 1.53 bits per heavy atom. The lowest BCUT2D eigenvalue weighted by atomic mass is 9.92. The molecule has 0 bridgehead atoms. The van der Waals surface area contributed by atoms with Gasteiger partial charge >= 0.3 is 0 Å². The summed E-state index contributed by atoms with van der Waals surface area (Å²) < 4.78 is 1.05. The third-order valence-corrected chi connectivity index (χ3v) is 3.71. The summed E-state index contributed by atoms with van der Waals surface area (Å²) in [5.41, 5.74) is 0.485. The number of pyridine rings is 1. The van der Waals surface area contributed by atoms with Gasteiger partial charge in [0.15, 0.2) is 0 Å². The second-order valence-electron chi connectivity index (χ2n) is 5.08. The average Bonchev–Trinajstić information content (AvgIpc) is 2.50. The molecule has 1 fully saturated rings. The largest absolute Gasteiger partial charge is 0.366 e. The first-order chi connectivity index (χ1) is 7.07. The van der Waals surface area contributed by atoms with Crippen LogP contribution in [0.1, 0.15) is 33.1 Å². The summed E-state index contributed by atoms with van der Waals surface area (Å²) in [6.07, 6.45) is 5.61. The van der Waals surface area contributed by atoms with Crippen LogP contribution in [-0.2, 0) is 0 Å². The van der Waals surface area contributed by atoms with Crippen molar-refractivity contribution in [3.63, 3.8) is 0 Å². The first kappa shape index (κ1) is 10.9. The molecule has 1 aromatic rings. The van der Waals surface area contributed by atoms with E-state index < -0.39 is 0 Å². The van der Waals surface area contributed by atoms with Crippen LogP contribution < -0.4 is 5.32 Å². The molecule has 3 heteroatoms. The SMILES string of the molecule is CC1(C)CCC(Nc2ncccc2Br)C1. The predicted octanol–water partition coefficient (Wildman–Crippen LogP) is 3.83. The fourth-order valence-corrected chi connectivity index (χ4v) is 2.61. The van der Waals surface area contributed by atoms with Crippen LogP contribution in [0.25, 0.3) is 0 Å². The lowest BCUT2D eigenvalue weighted by Gasteiger charge is -2.18. The van der Waals surface area contributed by atoms with Crippen molar-refractivity contribution in [2.75, 3.05) is 5.32 Å². The van der Waals surface area contributed by atoms with Gasteiger partial charge in [0, 0.05) is 12.2 Å². The topological polar surface area (TPSA) is 24.9 Å². The summed E-state index contributed by atoms with van der Waals surface area (Å²) in [6.45, 7) is 4.67. The number of hydrogen-bond acceptors (Lipinski definition) is 2. The molecular formula is C12H17BrN2. The van der Waals surface area contributed by atoms with Crippen molar-refractivity contribution in [1.29, 1.82) is 0 Å². The molecule has 1 atom stereocenters. The smallest absolute Gasteiger partial charge is 0.140 e. The average molecular weight is 269 g/mol. The Hall–Kier alpha value is -0.570. The van der Waals surface area contributed by atoms with Crippen LogP contribution in [0.4, 0.5) is 5.82 Å². The van der Waals surface area contributed by atoms with Gasteiger partial charge in [-0.15, -0.1) is 0 Å². The Morgan fingerprint density at radius 3 is 2.93 bits per heavy atom. The molecule has 2 nitrogen and oxygen atoms in total. The van der Waals surface area contributed by atoms with Gasteiger partial charge in [-0.05, 0) is 52.7 Å². The van der Waals surface area contributed by atoms with E-state index in [1.807, 2.05) is 18.3 Å². The fourth-order valence-electron chi connectivity index (χ4n) is 2.24. The van der Waals surface area contributed by atoms with Crippen molar-refractivity contribution >= 4 is 21.7 Å². The molecule has 15 heavy (non-hydrogen) atoms. The molecule has 0 spiro atoms. The Labute approximate surface area is 99.6 Å². The van der Waals surface area contributed by atoms with E-state index in [4.69, 9.17) is 0 Å². The zero-order valence-corrected chi connectivity index (χ0v) is 10.8. The Balaban J connectivity index is 2.02. The van der Waals surface area contributed by atoms with Crippen molar-refractivity contribution < 1.29 is 0 Å².